The second-order valence-electron chi connectivity index (χ2n) is 5.25. The molecule has 0 saturated carbocycles. The van der Waals surface area contributed by atoms with Gasteiger partial charge < -0.3 is 0 Å². The topological polar surface area (TPSA) is 17.1 Å². The molecule has 0 unspecified atom stereocenters. The lowest BCUT2D eigenvalue weighted by atomic mass is 10.0. The predicted octanol–water partition coefficient (Wildman–Crippen LogP) is 6.30. The number of ketones is 1. The second-order valence-corrected chi connectivity index (χ2v) is 6.10. The van der Waals surface area contributed by atoms with Crippen LogP contribution in [0.2, 0.25) is 0 Å². The molecule has 0 N–H and O–H groups in total. The number of unbranched alkanes of at least 4 members (excludes halogenated alkanes) is 7. The van der Waals surface area contributed by atoms with Crippen LogP contribution in [0.3, 0.4) is 0 Å². The summed E-state index contributed by atoms with van der Waals surface area (Å²) in [6.07, 6.45) is 10.00. The van der Waals surface area contributed by atoms with Gasteiger partial charge in [-0.25, -0.2) is 4.39 Å². The van der Waals surface area contributed by atoms with E-state index >= 15 is 0 Å². The molecule has 0 aliphatic heterocycles. The Hall–Kier alpha value is -0.700. The normalized spacial score (nSPS) is 10.8. The van der Waals surface area contributed by atoms with Gasteiger partial charge in [0.15, 0.2) is 5.78 Å². The molecule has 0 atom stereocenters. The van der Waals surface area contributed by atoms with Crippen LogP contribution in [0.15, 0.2) is 22.7 Å². The quantitative estimate of drug-likeness (QED) is 0.360. The Labute approximate surface area is 130 Å². The van der Waals surface area contributed by atoms with Gasteiger partial charge in [0, 0.05) is 6.42 Å². The van der Waals surface area contributed by atoms with Gasteiger partial charge in [0.25, 0.3) is 0 Å². The molecule has 3 heteroatoms. The molecule has 20 heavy (non-hydrogen) atoms. The van der Waals surface area contributed by atoms with Crippen molar-refractivity contribution in [3.63, 3.8) is 0 Å². The summed E-state index contributed by atoms with van der Waals surface area (Å²) >= 11 is 3.11. The Balaban J connectivity index is 2.19. The van der Waals surface area contributed by atoms with E-state index in [1.165, 1.54) is 38.5 Å². The first-order valence-corrected chi connectivity index (χ1v) is 8.43. The van der Waals surface area contributed by atoms with Crippen LogP contribution in [0.1, 0.15) is 75.1 Å². The van der Waals surface area contributed by atoms with Crippen LogP contribution in [0.4, 0.5) is 4.39 Å². The van der Waals surface area contributed by atoms with Crippen LogP contribution >= 0.6 is 15.9 Å². The van der Waals surface area contributed by atoms with E-state index in [2.05, 4.69) is 22.9 Å². The first kappa shape index (κ1) is 17.4. The van der Waals surface area contributed by atoms with E-state index in [1.54, 1.807) is 18.2 Å². The zero-order chi connectivity index (χ0) is 14.8. The monoisotopic (exact) mass is 342 g/mol. The molecule has 0 fully saturated rings. The molecule has 0 heterocycles. The molecule has 0 saturated heterocycles. The Morgan fingerprint density at radius 3 is 2.30 bits per heavy atom. The Morgan fingerprint density at radius 2 is 1.65 bits per heavy atom. The molecule has 1 rings (SSSR count). The number of carbonyl (C=O) groups is 1. The number of rotatable bonds is 10. The fourth-order valence-corrected chi connectivity index (χ4v) is 2.64. The van der Waals surface area contributed by atoms with Crippen LogP contribution in [0.5, 0.6) is 0 Å². The zero-order valence-corrected chi connectivity index (χ0v) is 13.8. The van der Waals surface area contributed by atoms with Crippen molar-refractivity contribution in [2.45, 2.75) is 64.7 Å². The third-order valence-electron chi connectivity index (χ3n) is 3.51. The minimum atomic E-state index is -0.433. The summed E-state index contributed by atoms with van der Waals surface area (Å²) in [5.41, 5.74) is 0.210. The number of hydrogen-bond donors (Lipinski definition) is 0. The average Bonchev–Trinajstić information content (AvgIpc) is 2.44. The highest BCUT2D eigenvalue weighted by atomic mass is 79.9. The largest absolute Gasteiger partial charge is 0.294 e. The molecule has 0 aromatic heterocycles. The van der Waals surface area contributed by atoms with Crippen molar-refractivity contribution in [2.75, 3.05) is 0 Å². The third kappa shape index (κ3) is 6.17. The fourth-order valence-electron chi connectivity index (χ4n) is 2.27. The summed E-state index contributed by atoms with van der Waals surface area (Å²) in [5, 5.41) is 0. The minimum Gasteiger partial charge on any atom is -0.294 e. The predicted molar refractivity (Wildman–Crippen MR) is 85.7 cm³/mol. The highest BCUT2D eigenvalue weighted by molar-refractivity contribution is 9.10. The highest BCUT2D eigenvalue weighted by Crippen LogP contribution is 2.20. The van der Waals surface area contributed by atoms with E-state index in [9.17, 15) is 9.18 Å². The molecule has 1 aromatic carbocycles. The standard InChI is InChI=1S/C17H24BrFO/c1-2-3-4-5-6-7-8-9-13-16(20)14-11-10-12-15(18)17(14)19/h10-12H,2-9,13H2,1H3. The van der Waals surface area contributed by atoms with E-state index < -0.39 is 5.82 Å². The molecule has 0 aliphatic carbocycles. The number of hydrogen-bond acceptors (Lipinski definition) is 1. The van der Waals surface area contributed by atoms with Gasteiger partial charge in [0.1, 0.15) is 5.82 Å². The van der Waals surface area contributed by atoms with Crippen molar-refractivity contribution in [1.29, 1.82) is 0 Å². The maximum atomic E-state index is 13.7. The third-order valence-corrected chi connectivity index (χ3v) is 4.12. The van der Waals surface area contributed by atoms with Crippen molar-refractivity contribution in [2.24, 2.45) is 0 Å². The smallest absolute Gasteiger partial charge is 0.165 e. The minimum absolute atomic E-state index is 0.0882. The summed E-state index contributed by atoms with van der Waals surface area (Å²) < 4.78 is 14.1. The van der Waals surface area contributed by atoms with Crippen LogP contribution < -0.4 is 0 Å². The van der Waals surface area contributed by atoms with E-state index in [1.807, 2.05) is 0 Å². The molecule has 0 aliphatic rings. The van der Waals surface area contributed by atoms with E-state index in [0.717, 1.165) is 12.8 Å². The van der Waals surface area contributed by atoms with Gasteiger partial charge in [-0.2, -0.15) is 0 Å². The Kier molecular flexibility index (Phi) is 8.75. The van der Waals surface area contributed by atoms with Gasteiger partial charge in [0.2, 0.25) is 0 Å². The number of carbonyl (C=O) groups excluding carboxylic acids is 1. The molecule has 0 radical (unpaired) electrons. The van der Waals surface area contributed by atoms with Crippen molar-refractivity contribution >= 4 is 21.7 Å². The number of benzene rings is 1. The maximum Gasteiger partial charge on any atom is 0.165 e. The van der Waals surface area contributed by atoms with Crippen LogP contribution in [-0.4, -0.2) is 5.78 Å². The maximum absolute atomic E-state index is 13.7. The molecule has 0 amide bonds. The SMILES string of the molecule is CCCCCCCCCCC(=O)c1cccc(Br)c1F. The van der Waals surface area contributed by atoms with Crippen molar-refractivity contribution < 1.29 is 9.18 Å². The first-order valence-electron chi connectivity index (χ1n) is 7.64. The lowest BCUT2D eigenvalue weighted by Crippen LogP contribution is -2.02. The number of Topliss-reactive ketones (excluding diaryl/α,β-unsaturated/α-hetero) is 1. The summed E-state index contributed by atoms with van der Waals surface area (Å²) in [7, 11) is 0. The molecule has 1 aromatic rings. The summed E-state index contributed by atoms with van der Waals surface area (Å²) in [6, 6.07) is 4.88. The molecule has 1 nitrogen and oxygen atoms in total. The van der Waals surface area contributed by atoms with Crippen molar-refractivity contribution in [3.05, 3.63) is 34.1 Å². The van der Waals surface area contributed by atoms with E-state index in [-0.39, 0.29) is 11.3 Å². The van der Waals surface area contributed by atoms with Crippen molar-refractivity contribution in [3.8, 4) is 0 Å². The fraction of sp³-hybridized carbons (Fsp3) is 0.588. The molecule has 0 spiro atoms. The molecular formula is C17H24BrFO. The lowest BCUT2D eigenvalue weighted by Gasteiger charge is -2.04. The van der Waals surface area contributed by atoms with Crippen LogP contribution in [0.25, 0.3) is 0 Å². The van der Waals surface area contributed by atoms with E-state index in [4.69, 9.17) is 0 Å². The van der Waals surface area contributed by atoms with Gasteiger partial charge in [-0.1, -0.05) is 57.9 Å². The lowest BCUT2D eigenvalue weighted by molar-refractivity contribution is 0.0975. The van der Waals surface area contributed by atoms with Crippen molar-refractivity contribution in [1.82, 2.24) is 0 Å². The Morgan fingerprint density at radius 1 is 1.05 bits per heavy atom. The Bertz CT molecular complexity index is 417. The zero-order valence-electron chi connectivity index (χ0n) is 12.3. The van der Waals surface area contributed by atoms with Gasteiger partial charge in [-0.15, -0.1) is 0 Å². The van der Waals surface area contributed by atoms with Gasteiger partial charge >= 0.3 is 0 Å². The summed E-state index contributed by atoms with van der Waals surface area (Å²) in [4.78, 5) is 11.9. The second kappa shape index (κ2) is 10.1. The summed E-state index contributed by atoms with van der Waals surface area (Å²) in [6.45, 7) is 2.21. The number of halogens is 2. The first-order chi connectivity index (χ1) is 9.66. The molecule has 0 bridgehead atoms. The van der Waals surface area contributed by atoms with E-state index in [0.29, 0.717) is 10.9 Å². The summed E-state index contributed by atoms with van der Waals surface area (Å²) in [5.74, 6) is -0.521. The average molecular weight is 343 g/mol. The van der Waals surface area contributed by atoms with Crippen LogP contribution in [-0.2, 0) is 0 Å². The van der Waals surface area contributed by atoms with Gasteiger partial charge in [-0.3, -0.25) is 4.79 Å². The molecule has 112 valence electrons. The highest BCUT2D eigenvalue weighted by Gasteiger charge is 2.13. The van der Waals surface area contributed by atoms with Crippen LogP contribution in [0, 0.1) is 5.82 Å². The molecular weight excluding hydrogens is 319 g/mol. The van der Waals surface area contributed by atoms with Gasteiger partial charge in [0.05, 0.1) is 10.0 Å². The van der Waals surface area contributed by atoms with Gasteiger partial charge in [-0.05, 0) is 34.5 Å².